The first kappa shape index (κ1) is 55.6. The van der Waals surface area contributed by atoms with Crippen LogP contribution in [0, 0.1) is 28.4 Å². The summed E-state index contributed by atoms with van der Waals surface area (Å²) in [6.07, 6.45) is -5.77. The highest BCUT2D eigenvalue weighted by Crippen LogP contribution is 2.41. The number of nitrogens with zero attached hydrogens (tertiary/aromatic N) is 6. The molecule has 2 atom stereocenters. The van der Waals surface area contributed by atoms with Crippen molar-refractivity contribution in [2.75, 3.05) is 43.2 Å². The van der Waals surface area contributed by atoms with E-state index in [9.17, 15) is 45.5 Å². The van der Waals surface area contributed by atoms with Gasteiger partial charge in [-0.1, -0.05) is 20.8 Å². The fourth-order valence-electron chi connectivity index (χ4n) is 7.60. The fraction of sp³-hybridized carbons (Fsp3) is 0.447. The van der Waals surface area contributed by atoms with Crippen molar-refractivity contribution < 1.29 is 63.8 Å². The van der Waals surface area contributed by atoms with Gasteiger partial charge < -0.3 is 39.6 Å². The smallest absolute Gasteiger partial charge is 0.420 e. The molecule has 1 unspecified atom stereocenters. The zero-order valence-corrected chi connectivity index (χ0v) is 40.9. The Hall–Kier alpha value is -6.32. The van der Waals surface area contributed by atoms with Crippen molar-refractivity contribution in [1.29, 1.82) is 5.26 Å². The topological polar surface area (TPSA) is 170 Å². The van der Waals surface area contributed by atoms with Gasteiger partial charge in [0.15, 0.2) is 16.7 Å². The van der Waals surface area contributed by atoms with E-state index in [-0.39, 0.29) is 43.5 Å². The largest absolute Gasteiger partial charge is 0.494 e. The molecule has 14 nitrogen and oxygen atoms in total. The van der Waals surface area contributed by atoms with Crippen molar-refractivity contribution in [1.82, 2.24) is 25.5 Å². The lowest BCUT2D eigenvalue weighted by atomic mass is 9.85. The number of nitrogens with one attached hydrogen (secondary N) is 2. The molecule has 1 aliphatic rings. The molecule has 1 fully saturated rings. The van der Waals surface area contributed by atoms with Gasteiger partial charge in [-0.15, -0.1) is 11.3 Å². The summed E-state index contributed by atoms with van der Waals surface area (Å²) in [5.41, 5.74) is -7.52. The number of hydrogen-bond acceptors (Lipinski definition) is 11. The summed E-state index contributed by atoms with van der Waals surface area (Å²) in [7, 11) is 1.06. The summed E-state index contributed by atoms with van der Waals surface area (Å²) in [5, 5.41) is 14.2. The van der Waals surface area contributed by atoms with E-state index < -0.39 is 104 Å². The minimum absolute atomic E-state index is 0.0561. The SMILES string of the molecule is CN(C(=S)N(c1cnc(-c2ccc(OCCCCOCC(=O)NC(C(=O)N3CCC[C@H]3C(=O)NCc3cncs3)C(C)(C)C)cc2C(F)(F)F)c(F)c1)C(C)(C)C=O)c1ccc(C#N)c(C(F)(F)F)c1F. The number of hydrogen-bond donors (Lipinski definition) is 2. The zero-order chi connectivity index (χ0) is 52.6. The van der Waals surface area contributed by atoms with Gasteiger partial charge >= 0.3 is 12.4 Å². The number of likely N-dealkylation sites (tertiary alicyclic amines) is 1. The van der Waals surface area contributed by atoms with Gasteiger partial charge in [0.1, 0.15) is 42.0 Å². The first-order valence-corrected chi connectivity index (χ1v) is 23.2. The fourth-order valence-corrected chi connectivity index (χ4v) is 8.57. The van der Waals surface area contributed by atoms with Crippen molar-refractivity contribution in [3.8, 4) is 23.1 Å². The summed E-state index contributed by atoms with van der Waals surface area (Å²) in [5.74, 6) is -4.66. The second kappa shape index (κ2) is 22.8. The lowest BCUT2D eigenvalue weighted by molar-refractivity contribution is -0.144. The Morgan fingerprint density at radius 2 is 1.72 bits per heavy atom. The highest BCUT2D eigenvalue weighted by atomic mass is 32.1. The Morgan fingerprint density at radius 1 is 1.01 bits per heavy atom. The van der Waals surface area contributed by atoms with Crippen LogP contribution in [0.15, 0.2) is 54.3 Å². The predicted octanol–water partition coefficient (Wildman–Crippen LogP) is 8.61. The van der Waals surface area contributed by atoms with E-state index in [0.29, 0.717) is 44.2 Å². The normalized spacial score (nSPS) is 14.6. The van der Waals surface area contributed by atoms with E-state index in [1.807, 2.05) is 0 Å². The molecule has 0 radical (unpaired) electrons. The number of anilines is 2. The molecular formula is C47H50F8N8O6S2. The minimum atomic E-state index is -5.29. The number of benzene rings is 2. The molecule has 382 valence electrons. The molecule has 2 aromatic heterocycles. The molecule has 0 saturated carbocycles. The standard InChI is InChI=1S/C47H50F8N8O6S2/c1-44(2,3)40(42(67)62-15-9-10-35(62)41(66)59-23-30-22-57-26-71-30)60-36(65)24-68-16-7-8-17-69-29-12-13-31(32(19-29)46(50,51)52)39-33(48)18-28(21-58-39)63(45(4,5)25-64)43(70)61(6)34-14-11-27(20-56)37(38(34)49)47(53,54)55/h11-14,18-19,21-22,25-26,35,40H,7-10,15-17,23-24H2,1-6H3,(H,59,66)(H,60,65)/t35-,40?/m0/s1. The molecule has 4 aromatic rings. The third-order valence-corrected chi connectivity index (χ3v) is 12.5. The van der Waals surface area contributed by atoms with Gasteiger partial charge in [-0.25, -0.2) is 8.78 Å². The summed E-state index contributed by atoms with van der Waals surface area (Å²) >= 11 is 6.85. The van der Waals surface area contributed by atoms with Gasteiger partial charge in [-0.2, -0.15) is 31.6 Å². The Kier molecular flexibility index (Phi) is 17.9. The molecule has 3 heterocycles. The highest BCUT2D eigenvalue weighted by Gasteiger charge is 2.43. The lowest BCUT2D eigenvalue weighted by Crippen LogP contribution is -2.58. The van der Waals surface area contributed by atoms with E-state index in [4.69, 9.17) is 27.0 Å². The lowest BCUT2D eigenvalue weighted by Gasteiger charge is -2.39. The second-order valence-corrected chi connectivity index (χ2v) is 19.3. The maximum Gasteiger partial charge on any atom is 0.420 e. The summed E-state index contributed by atoms with van der Waals surface area (Å²) in [4.78, 5) is 64.0. The van der Waals surface area contributed by atoms with Gasteiger partial charge in [-0.3, -0.25) is 24.4 Å². The number of nitriles is 1. The van der Waals surface area contributed by atoms with E-state index >= 15 is 8.78 Å². The van der Waals surface area contributed by atoms with Crippen LogP contribution in [0.1, 0.15) is 81.9 Å². The van der Waals surface area contributed by atoms with Gasteiger partial charge in [0.05, 0.1) is 59.0 Å². The van der Waals surface area contributed by atoms with Crippen molar-refractivity contribution in [3.63, 3.8) is 0 Å². The van der Waals surface area contributed by atoms with Gasteiger partial charge in [0, 0.05) is 42.9 Å². The molecule has 5 rings (SSSR count). The van der Waals surface area contributed by atoms with Crippen LogP contribution < -0.4 is 25.2 Å². The van der Waals surface area contributed by atoms with Crippen molar-refractivity contribution in [2.45, 2.75) is 96.8 Å². The van der Waals surface area contributed by atoms with Crippen LogP contribution >= 0.6 is 23.6 Å². The van der Waals surface area contributed by atoms with E-state index in [2.05, 4.69) is 20.6 Å². The van der Waals surface area contributed by atoms with E-state index in [1.165, 1.54) is 42.2 Å². The number of thiazole rings is 1. The molecule has 0 bridgehead atoms. The predicted molar refractivity (Wildman–Crippen MR) is 250 cm³/mol. The van der Waals surface area contributed by atoms with Gasteiger partial charge in [-0.05, 0) is 87.5 Å². The third kappa shape index (κ3) is 13.6. The van der Waals surface area contributed by atoms with Crippen LogP contribution in [0.2, 0.25) is 0 Å². The third-order valence-electron chi connectivity index (χ3n) is 11.2. The molecule has 71 heavy (non-hydrogen) atoms. The maximum atomic E-state index is 16.0. The number of rotatable bonds is 18. The molecule has 3 amide bonds. The van der Waals surface area contributed by atoms with Crippen molar-refractivity contribution in [2.24, 2.45) is 5.41 Å². The number of halogens is 8. The molecule has 2 aromatic carbocycles. The molecular weight excluding hydrogens is 989 g/mol. The summed E-state index contributed by atoms with van der Waals surface area (Å²) < 4.78 is 127. The maximum absolute atomic E-state index is 16.0. The van der Waals surface area contributed by atoms with Crippen LogP contribution in [0.25, 0.3) is 11.3 Å². The van der Waals surface area contributed by atoms with Crippen molar-refractivity contribution >= 4 is 64.0 Å². The average Bonchev–Trinajstić information content (AvgIpc) is 4.02. The average molecular weight is 1040 g/mol. The Labute approximate surface area is 413 Å². The number of ether oxygens (including phenoxy) is 2. The quantitative estimate of drug-likeness (QED) is 0.0422. The zero-order valence-electron chi connectivity index (χ0n) is 39.3. The number of carbonyl (C=O) groups is 4. The molecule has 24 heteroatoms. The van der Waals surface area contributed by atoms with E-state index in [0.717, 1.165) is 46.1 Å². The first-order valence-electron chi connectivity index (χ1n) is 21.9. The number of pyridine rings is 1. The van der Waals surface area contributed by atoms with Gasteiger partial charge in [0.2, 0.25) is 17.7 Å². The number of unbranched alkanes of at least 4 members (excludes halogenated alkanes) is 1. The van der Waals surface area contributed by atoms with Crippen LogP contribution in [0.3, 0.4) is 0 Å². The van der Waals surface area contributed by atoms with Crippen LogP contribution in [-0.2, 0) is 42.8 Å². The van der Waals surface area contributed by atoms with E-state index in [1.54, 1.807) is 32.5 Å². The molecule has 1 saturated heterocycles. The number of alkyl halides is 6. The number of aromatic nitrogens is 2. The molecule has 0 spiro atoms. The Bertz CT molecular complexity index is 2640. The van der Waals surface area contributed by atoms with Crippen LogP contribution in [0.4, 0.5) is 46.5 Å². The summed E-state index contributed by atoms with van der Waals surface area (Å²) in [6.45, 7) is 8.12. The number of amides is 3. The second-order valence-electron chi connectivity index (χ2n) is 18.0. The van der Waals surface area contributed by atoms with Crippen LogP contribution in [-0.4, -0.2) is 95.0 Å². The number of aldehydes is 1. The molecule has 2 N–H and O–H groups in total. The molecule has 1 aliphatic heterocycles. The number of carbonyl (C=O) groups excluding carboxylic acids is 4. The van der Waals surface area contributed by atoms with Gasteiger partial charge in [0.25, 0.3) is 0 Å². The van der Waals surface area contributed by atoms with Crippen molar-refractivity contribution in [3.05, 3.63) is 87.5 Å². The number of thiocarbonyl (C=S) groups is 1. The Morgan fingerprint density at radius 3 is 2.32 bits per heavy atom. The minimum Gasteiger partial charge on any atom is -0.494 e. The monoisotopic (exact) mass is 1040 g/mol. The molecule has 0 aliphatic carbocycles. The van der Waals surface area contributed by atoms with Crippen LogP contribution in [0.5, 0.6) is 5.75 Å². The summed E-state index contributed by atoms with van der Waals surface area (Å²) in [6, 6.07) is 4.67. The highest BCUT2D eigenvalue weighted by molar-refractivity contribution is 7.80. The first-order chi connectivity index (χ1) is 33.2. The Balaban J connectivity index is 1.19.